The number of ether oxygens (including phenoxy) is 2. The number of anilines is 1. The van der Waals surface area contributed by atoms with Gasteiger partial charge in [0.25, 0.3) is 5.69 Å². The topological polar surface area (TPSA) is 111 Å². The quantitative estimate of drug-likeness (QED) is 0.126. The minimum Gasteiger partial charge on any atom is -0.465 e. The van der Waals surface area contributed by atoms with Gasteiger partial charge in [0.1, 0.15) is 15.3 Å². The molecule has 1 rings (SSSR count). The third-order valence-electron chi connectivity index (χ3n) is 2.89. The van der Waals surface area contributed by atoms with Crippen LogP contribution in [0.15, 0.2) is 30.9 Å². The Balaban J connectivity index is 3.25. The Morgan fingerprint density at radius 1 is 1.42 bits per heavy atom. The van der Waals surface area contributed by atoms with Crippen LogP contribution in [-0.2, 0) is 9.47 Å². The van der Waals surface area contributed by atoms with Gasteiger partial charge >= 0.3 is 12.1 Å². The van der Waals surface area contributed by atoms with E-state index in [4.69, 9.17) is 4.74 Å². The Labute approximate surface area is 164 Å². The van der Waals surface area contributed by atoms with Crippen LogP contribution in [-0.4, -0.2) is 38.8 Å². The van der Waals surface area contributed by atoms with Crippen molar-refractivity contribution in [2.75, 3.05) is 12.5 Å². The number of nitrogens with zero attached hydrogens (tertiary/aromatic N) is 2. The summed E-state index contributed by atoms with van der Waals surface area (Å²) >= 11 is 1.91. The van der Waals surface area contributed by atoms with Crippen LogP contribution in [0.4, 0.5) is 16.2 Å². The van der Waals surface area contributed by atoms with E-state index in [1.165, 1.54) is 25.3 Å². The SMILES string of the molecule is C=CC(I)N(Nc1ccc(C(=O)OC)cc1[N+](=O)[O-])C(=O)OC(C)(C)C. The molecular weight excluding hydrogens is 457 g/mol. The number of nitrogens with one attached hydrogen (secondary N) is 1. The molecule has 0 fully saturated rings. The number of rotatable bonds is 6. The number of hydrogen-bond donors (Lipinski definition) is 1. The fourth-order valence-corrected chi connectivity index (χ4v) is 2.14. The third-order valence-corrected chi connectivity index (χ3v) is 3.95. The van der Waals surface area contributed by atoms with E-state index in [9.17, 15) is 19.7 Å². The number of esters is 1. The minimum atomic E-state index is -0.755. The molecule has 9 nitrogen and oxygen atoms in total. The maximum atomic E-state index is 12.4. The normalized spacial score (nSPS) is 11.9. The molecule has 26 heavy (non-hydrogen) atoms. The van der Waals surface area contributed by atoms with Crippen LogP contribution < -0.4 is 5.43 Å². The van der Waals surface area contributed by atoms with E-state index in [2.05, 4.69) is 16.7 Å². The highest BCUT2D eigenvalue weighted by atomic mass is 127. The lowest BCUT2D eigenvalue weighted by atomic mass is 10.2. The lowest BCUT2D eigenvalue weighted by molar-refractivity contribution is -0.384. The second-order valence-electron chi connectivity index (χ2n) is 6.05. The molecule has 1 amide bonds. The third kappa shape index (κ3) is 5.86. The zero-order valence-corrected chi connectivity index (χ0v) is 17.0. The molecule has 1 N–H and O–H groups in total. The number of carbonyl (C=O) groups is 2. The number of benzene rings is 1. The first kappa shape index (κ1) is 21.7. The van der Waals surface area contributed by atoms with Crippen LogP contribution in [0.3, 0.4) is 0 Å². The van der Waals surface area contributed by atoms with Gasteiger partial charge < -0.3 is 9.47 Å². The lowest BCUT2D eigenvalue weighted by Crippen LogP contribution is -2.43. The fraction of sp³-hybridized carbons (Fsp3) is 0.375. The number of hydrogen-bond acceptors (Lipinski definition) is 7. The average molecular weight is 477 g/mol. The monoisotopic (exact) mass is 477 g/mol. The van der Waals surface area contributed by atoms with Gasteiger partial charge in [-0.15, -0.1) is 6.58 Å². The number of nitro benzene ring substituents is 1. The highest BCUT2D eigenvalue weighted by Crippen LogP contribution is 2.28. The highest BCUT2D eigenvalue weighted by molar-refractivity contribution is 14.1. The predicted molar refractivity (Wildman–Crippen MR) is 104 cm³/mol. The summed E-state index contributed by atoms with van der Waals surface area (Å²) in [5.41, 5.74) is 1.55. The van der Waals surface area contributed by atoms with Gasteiger partial charge in [0, 0.05) is 6.07 Å². The molecule has 0 saturated carbocycles. The van der Waals surface area contributed by atoms with Gasteiger partial charge in [-0.05, 0) is 32.9 Å². The first-order chi connectivity index (χ1) is 12.0. The smallest absolute Gasteiger partial charge is 0.430 e. The molecule has 10 heteroatoms. The Kier molecular flexibility index (Phi) is 7.36. The van der Waals surface area contributed by atoms with Crippen molar-refractivity contribution in [3.05, 3.63) is 46.5 Å². The van der Waals surface area contributed by atoms with Gasteiger partial charge in [-0.1, -0.05) is 28.7 Å². The molecular formula is C16H20IN3O6. The van der Waals surface area contributed by atoms with Gasteiger partial charge in [-0.3, -0.25) is 15.5 Å². The van der Waals surface area contributed by atoms with Gasteiger partial charge in [-0.25, -0.2) is 14.6 Å². The Bertz CT molecular complexity index is 716. The van der Waals surface area contributed by atoms with Crippen LogP contribution in [0.5, 0.6) is 0 Å². The summed E-state index contributed by atoms with van der Waals surface area (Å²) in [6, 6.07) is 3.73. The molecule has 1 atom stereocenters. The van der Waals surface area contributed by atoms with Gasteiger partial charge in [-0.2, -0.15) is 0 Å². The molecule has 0 saturated heterocycles. The maximum absolute atomic E-state index is 12.4. The zero-order valence-electron chi connectivity index (χ0n) is 14.8. The summed E-state index contributed by atoms with van der Waals surface area (Å²) in [5, 5.41) is 12.4. The molecule has 1 unspecified atom stereocenters. The summed E-state index contributed by atoms with van der Waals surface area (Å²) in [4.78, 5) is 34.7. The van der Waals surface area contributed by atoms with E-state index < -0.39 is 32.3 Å². The molecule has 0 aliphatic carbocycles. The molecule has 0 aliphatic heterocycles. The summed E-state index contributed by atoms with van der Waals surface area (Å²) in [5.74, 6) is -0.707. The van der Waals surface area contributed by atoms with Gasteiger partial charge in [0.05, 0.1) is 17.6 Å². The fourth-order valence-electron chi connectivity index (χ4n) is 1.78. The van der Waals surface area contributed by atoms with Crippen LogP contribution in [0.1, 0.15) is 31.1 Å². The summed E-state index contributed by atoms with van der Waals surface area (Å²) < 4.78 is 9.31. The van der Waals surface area contributed by atoms with E-state index in [1.54, 1.807) is 20.8 Å². The van der Waals surface area contributed by atoms with Crippen LogP contribution in [0.25, 0.3) is 0 Å². The van der Waals surface area contributed by atoms with E-state index in [0.29, 0.717) is 0 Å². The molecule has 0 bridgehead atoms. The molecule has 0 radical (unpaired) electrons. The number of methoxy groups -OCH3 is 1. The van der Waals surface area contributed by atoms with E-state index in [1.807, 2.05) is 22.6 Å². The molecule has 0 aliphatic rings. The van der Waals surface area contributed by atoms with Gasteiger partial charge in [0.15, 0.2) is 0 Å². The molecule has 0 heterocycles. The summed E-state index contributed by atoms with van der Waals surface area (Å²) in [6.07, 6.45) is 0.731. The highest BCUT2D eigenvalue weighted by Gasteiger charge is 2.28. The van der Waals surface area contributed by atoms with E-state index in [0.717, 1.165) is 11.1 Å². The van der Waals surface area contributed by atoms with Crippen molar-refractivity contribution in [3.63, 3.8) is 0 Å². The molecule has 1 aromatic rings. The Morgan fingerprint density at radius 2 is 2.04 bits per heavy atom. The van der Waals surface area contributed by atoms with Gasteiger partial charge in [0.2, 0.25) is 0 Å². The number of carbonyl (C=O) groups excluding carboxylic acids is 2. The van der Waals surface area contributed by atoms with Crippen molar-refractivity contribution in [1.29, 1.82) is 0 Å². The molecule has 0 aromatic heterocycles. The van der Waals surface area contributed by atoms with Crippen molar-refractivity contribution in [1.82, 2.24) is 5.01 Å². The first-order valence-electron chi connectivity index (χ1n) is 7.42. The molecule has 1 aromatic carbocycles. The maximum Gasteiger partial charge on any atom is 0.430 e. The standard InChI is InChI=1S/C16H20IN3O6/c1-6-13(17)19(15(22)26-16(2,3)4)18-11-8-7-10(14(21)25-5)9-12(11)20(23)24/h6-9,13,18H,1H2,2-5H3. The summed E-state index contributed by atoms with van der Waals surface area (Å²) in [6.45, 7) is 8.72. The number of alkyl halides is 1. The summed E-state index contributed by atoms with van der Waals surface area (Å²) in [7, 11) is 1.18. The Morgan fingerprint density at radius 3 is 2.50 bits per heavy atom. The van der Waals surface area contributed by atoms with Crippen molar-refractivity contribution in [2.45, 2.75) is 30.4 Å². The first-order valence-corrected chi connectivity index (χ1v) is 8.67. The number of halogens is 1. The molecule has 142 valence electrons. The number of nitro groups is 1. The lowest BCUT2D eigenvalue weighted by Gasteiger charge is -2.30. The van der Waals surface area contributed by atoms with E-state index in [-0.39, 0.29) is 11.3 Å². The predicted octanol–water partition coefficient (Wildman–Crippen LogP) is 3.89. The second-order valence-corrected chi connectivity index (χ2v) is 7.33. The van der Waals surface area contributed by atoms with Crippen molar-refractivity contribution >= 4 is 46.0 Å². The van der Waals surface area contributed by atoms with Crippen LogP contribution >= 0.6 is 22.6 Å². The number of hydrazine groups is 1. The average Bonchev–Trinajstić information content (AvgIpc) is 2.56. The van der Waals surface area contributed by atoms with Crippen molar-refractivity contribution < 1.29 is 24.0 Å². The van der Waals surface area contributed by atoms with Crippen molar-refractivity contribution in [3.8, 4) is 0 Å². The van der Waals surface area contributed by atoms with Crippen molar-refractivity contribution in [2.24, 2.45) is 0 Å². The minimum absolute atomic E-state index is 0.0111. The second kappa shape index (κ2) is 8.83. The molecule has 0 spiro atoms. The zero-order chi connectivity index (χ0) is 20.1. The van der Waals surface area contributed by atoms with Crippen LogP contribution in [0.2, 0.25) is 0 Å². The van der Waals surface area contributed by atoms with E-state index >= 15 is 0 Å². The Hall–Kier alpha value is -2.37. The number of amides is 1. The van der Waals surface area contributed by atoms with Crippen LogP contribution in [0, 0.1) is 10.1 Å². The largest absolute Gasteiger partial charge is 0.465 e.